The zero-order valence-corrected chi connectivity index (χ0v) is 18.3. The SMILES string of the molecule is COc1cc2[nH]c3c(=O)n(CCC(=O)NC[C@@H](C)c4ccccc4)cnc3c2cc1OC. The highest BCUT2D eigenvalue weighted by molar-refractivity contribution is 6.05. The lowest BCUT2D eigenvalue weighted by Gasteiger charge is -2.13. The fraction of sp³-hybridized carbons (Fsp3) is 0.292. The molecule has 0 spiro atoms. The van der Waals surface area contributed by atoms with E-state index in [2.05, 4.69) is 22.2 Å². The minimum atomic E-state index is -0.227. The number of amides is 1. The lowest BCUT2D eigenvalue weighted by molar-refractivity contribution is -0.121. The Bertz CT molecular complexity index is 1310. The lowest BCUT2D eigenvalue weighted by atomic mass is 10.0. The van der Waals surface area contributed by atoms with Gasteiger partial charge in [-0.3, -0.25) is 14.2 Å². The van der Waals surface area contributed by atoms with E-state index in [4.69, 9.17) is 9.47 Å². The van der Waals surface area contributed by atoms with Crippen LogP contribution in [0.2, 0.25) is 0 Å². The van der Waals surface area contributed by atoms with Crippen molar-refractivity contribution < 1.29 is 14.3 Å². The van der Waals surface area contributed by atoms with Crippen LogP contribution in [0.4, 0.5) is 0 Å². The van der Waals surface area contributed by atoms with E-state index in [0.29, 0.717) is 29.1 Å². The van der Waals surface area contributed by atoms with Crippen LogP contribution < -0.4 is 20.3 Å². The molecule has 0 saturated carbocycles. The van der Waals surface area contributed by atoms with Crippen molar-refractivity contribution in [1.29, 1.82) is 0 Å². The van der Waals surface area contributed by atoms with Gasteiger partial charge in [0.1, 0.15) is 11.0 Å². The molecule has 1 atom stereocenters. The molecule has 2 N–H and O–H groups in total. The number of hydrogen-bond acceptors (Lipinski definition) is 5. The third-order valence-corrected chi connectivity index (χ3v) is 5.63. The van der Waals surface area contributed by atoms with Crippen LogP contribution in [0.5, 0.6) is 11.5 Å². The summed E-state index contributed by atoms with van der Waals surface area (Å²) in [6, 6.07) is 13.6. The van der Waals surface area contributed by atoms with Gasteiger partial charge in [-0.05, 0) is 17.5 Å². The second-order valence-corrected chi connectivity index (χ2v) is 7.71. The summed E-state index contributed by atoms with van der Waals surface area (Å²) in [6.07, 6.45) is 1.67. The van der Waals surface area contributed by atoms with Crippen molar-refractivity contribution in [1.82, 2.24) is 19.9 Å². The maximum atomic E-state index is 13.0. The topological polar surface area (TPSA) is 98.2 Å². The molecule has 32 heavy (non-hydrogen) atoms. The van der Waals surface area contributed by atoms with Gasteiger partial charge >= 0.3 is 0 Å². The maximum Gasteiger partial charge on any atom is 0.277 e. The van der Waals surface area contributed by atoms with E-state index in [9.17, 15) is 9.59 Å². The molecular weight excluding hydrogens is 408 g/mol. The van der Waals surface area contributed by atoms with Crippen LogP contribution in [-0.2, 0) is 11.3 Å². The Kier molecular flexibility index (Phi) is 6.11. The van der Waals surface area contributed by atoms with E-state index in [1.807, 2.05) is 30.3 Å². The summed E-state index contributed by atoms with van der Waals surface area (Å²) in [5.74, 6) is 1.23. The number of ether oxygens (including phenoxy) is 2. The molecular formula is C24H26N4O4. The average Bonchev–Trinajstić information content (AvgIpc) is 3.20. The van der Waals surface area contributed by atoms with Gasteiger partial charge in [0.05, 0.1) is 26.1 Å². The molecule has 0 fully saturated rings. The number of fused-ring (bicyclic) bond motifs is 3. The normalized spacial score (nSPS) is 12.1. The van der Waals surface area contributed by atoms with E-state index in [1.165, 1.54) is 16.5 Å². The Hall–Kier alpha value is -3.81. The number of aromatic amines is 1. The lowest BCUT2D eigenvalue weighted by Crippen LogP contribution is -2.30. The number of H-pyrrole nitrogens is 1. The van der Waals surface area contributed by atoms with Crippen LogP contribution in [0.3, 0.4) is 0 Å². The largest absolute Gasteiger partial charge is 0.493 e. The zero-order chi connectivity index (χ0) is 22.7. The molecule has 2 aromatic heterocycles. The third-order valence-electron chi connectivity index (χ3n) is 5.63. The summed E-state index contributed by atoms with van der Waals surface area (Å²) in [6.45, 7) is 2.86. The fourth-order valence-corrected chi connectivity index (χ4v) is 3.76. The van der Waals surface area contributed by atoms with Crippen LogP contribution in [0, 0.1) is 0 Å². The van der Waals surface area contributed by atoms with Gasteiger partial charge in [0.25, 0.3) is 5.56 Å². The molecule has 2 heterocycles. The molecule has 8 heteroatoms. The summed E-state index contributed by atoms with van der Waals surface area (Å²) >= 11 is 0. The van der Waals surface area contributed by atoms with Crippen molar-refractivity contribution in [2.75, 3.05) is 20.8 Å². The smallest absolute Gasteiger partial charge is 0.277 e. The molecule has 0 bridgehead atoms. The Morgan fingerprint density at radius 2 is 1.88 bits per heavy atom. The first-order valence-electron chi connectivity index (χ1n) is 10.5. The highest BCUT2D eigenvalue weighted by atomic mass is 16.5. The first-order chi connectivity index (χ1) is 15.5. The summed E-state index contributed by atoms with van der Waals surface area (Å²) in [7, 11) is 3.12. The van der Waals surface area contributed by atoms with Crippen molar-refractivity contribution in [3.8, 4) is 11.5 Å². The monoisotopic (exact) mass is 434 g/mol. The van der Waals surface area contributed by atoms with Gasteiger partial charge in [-0.25, -0.2) is 4.98 Å². The van der Waals surface area contributed by atoms with Crippen LogP contribution in [0.25, 0.3) is 21.9 Å². The summed E-state index contributed by atoms with van der Waals surface area (Å²) in [4.78, 5) is 32.9. The van der Waals surface area contributed by atoms with Gasteiger partial charge in [0, 0.05) is 31.0 Å². The molecule has 0 saturated heterocycles. The van der Waals surface area contributed by atoms with Gasteiger partial charge in [0.15, 0.2) is 11.5 Å². The Labute approximate surface area is 185 Å². The molecule has 166 valence electrons. The van der Waals surface area contributed by atoms with Crippen molar-refractivity contribution in [2.45, 2.75) is 25.8 Å². The van der Waals surface area contributed by atoms with E-state index < -0.39 is 0 Å². The molecule has 4 rings (SSSR count). The number of methoxy groups -OCH3 is 2. The van der Waals surface area contributed by atoms with Crippen LogP contribution in [0.15, 0.2) is 53.6 Å². The van der Waals surface area contributed by atoms with Gasteiger partial charge in [-0.2, -0.15) is 0 Å². The second-order valence-electron chi connectivity index (χ2n) is 7.71. The molecule has 4 aromatic rings. The molecule has 0 unspecified atom stereocenters. The van der Waals surface area contributed by atoms with Crippen LogP contribution in [0.1, 0.15) is 24.8 Å². The highest BCUT2D eigenvalue weighted by Gasteiger charge is 2.15. The average molecular weight is 434 g/mol. The van der Waals surface area contributed by atoms with Crippen molar-refractivity contribution >= 4 is 27.8 Å². The molecule has 8 nitrogen and oxygen atoms in total. The predicted octanol–water partition coefficient (Wildman–Crippen LogP) is 3.21. The van der Waals surface area contributed by atoms with Crippen molar-refractivity contribution in [3.63, 3.8) is 0 Å². The number of carbonyl (C=O) groups is 1. The molecule has 0 radical (unpaired) electrons. The first kappa shape index (κ1) is 21.4. The number of aromatic nitrogens is 3. The van der Waals surface area contributed by atoms with Gasteiger partial charge in [-0.1, -0.05) is 37.3 Å². The Morgan fingerprint density at radius 3 is 2.59 bits per heavy atom. The Balaban J connectivity index is 1.47. The van der Waals surface area contributed by atoms with Gasteiger partial charge in [0.2, 0.25) is 5.91 Å². The standard InChI is InChI=1S/C24H26N4O4/c1-15(16-7-5-4-6-8-16)13-25-21(29)9-10-28-14-26-22-17-11-19(31-2)20(32-3)12-18(17)27-23(22)24(28)30/h4-8,11-12,14-15,27H,9-10,13H2,1-3H3,(H,25,29)/t15-/m1/s1. The number of carbonyl (C=O) groups excluding carboxylic acids is 1. The number of nitrogens with one attached hydrogen (secondary N) is 2. The van der Waals surface area contributed by atoms with E-state index in [0.717, 1.165) is 10.9 Å². The minimum Gasteiger partial charge on any atom is -0.493 e. The summed E-state index contributed by atoms with van der Waals surface area (Å²) < 4.78 is 12.1. The quantitative estimate of drug-likeness (QED) is 0.444. The van der Waals surface area contributed by atoms with Crippen LogP contribution >= 0.6 is 0 Å². The minimum absolute atomic E-state index is 0.106. The highest BCUT2D eigenvalue weighted by Crippen LogP contribution is 2.34. The summed E-state index contributed by atoms with van der Waals surface area (Å²) in [5.41, 5.74) is 2.62. The number of rotatable bonds is 8. The third kappa shape index (κ3) is 4.16. The first-order valence-corrected chi connectivity index (χ1v) is 10.5. The number of hydrogen-bond donors (Lipinski definition) is 2. The number of benzene rings is 2. The van der Waals surface area contributed by atoms with Crippen molar-refractivity contribution in [3.05, 3.63) is 64.7 Å². The number of aryl methyl sites for hydroxylation is 1. The van der Waals surface area contributed by atoms with Gasteiger partial charge < -0.3 is 19.8 Å². The maximum absolute atomic E-state index is 13.0. The molecule has 1 amide bonds. The van der Waals surface area contributed by atoms with Crippen molar-refractivity contribution in [2.24, 2.45) is 0 Å². The summed E-state index contributed by atoms with van der Waals surface area (Å²) in [5, 5.41) is 3.72. The second kappa shape index (κ2) is 9.13. The zero-order valence-electron chi connectivity index (χ0n) is 18.3. The van der Waals surface area contributed by atoms with E-state index >= 15 is 0 Å². The van der Waals surface area contributed by atoms with E-state index in [-0.39, 0.29) is 30.3 Å². The van der Waals surface area contributed by atoms with Crippen LogP contribution in [-0.4, -0.2) is 41.2 Å². The van der Waals surface area contributed by atoms with E-state index in [1.54, 1.807) is 26.4 Å². The molecule has 2 aromatic carbocycles. The fourth-order valence-electron chi connectivity index (χ4n) is 3.76. The molecule has 0 aliphatic heterocycles. The van der Waals surface area contributed by atoms with Gasteiger partial charge in [-0.15, -0.1) is 0 Å². The Morgan fingerprint density at radius 1 is 1.16 bits per heavy atom. The molecule has 0 aliphatic rings. The number of nitrogens with zero attached hydrogens (tertiary/aromatic N) is 2. The molecule has 0 aliphatic carbocycles. The predicted molar refractivity (Wildman–Crippen MR) is 123 cm³/mol.